The molecule has 4 aromatic rings. The predicted molar refractivity (Wildman–Crippen MR) is 130 cm³/mol. The van der Waals surface area contributed by atoms with Gasteiger partial charge in [0.05, 0.1) is 29.0 Å². The Morgan fingerprint density at radius 1 is 1.18 bits per heavy atom. The Labute approximate surface area is 192 Å². The van der Waals surface area contributed by atoms with Gasteiger partial charge >= 0.3 is 0 Å². The van der Waals surface area contributed by atoms with Gasteiger partial charge in [0.25, 0.3) is 0 Å². The average molecular weight is 439 g/mol. The molecule has 1 fully saturated rings. The van der Waals surface area contributed by atoms with Crippen LogP contribution in [-0.2, 0) is 4.79 Å². The van der Waals surface area contributed by atoms with Gasteiger partial charge in [-0.2, -0.15) is 0 Å². The first-order valence-electron chi connectivity index (χ1n) is 11.3. The van der Waals surface area contributed by atoms with Crippen molar-refractivity contribution in [3.05, 3.63) is 79.3 Å². The molecule has 1 aromatic carbocycles. The summed E-state index contributed by atoms with van der Waals surface area (Å²) in [5, 5.41) is 0. The minimum absolute atomic E-state index is 0.0445. The monoisotopic (exact) mass is 438 g/mol. The summed E-state index contributed by atoms with van der Waals surface area (Å²) in [7, 11) is 0. The van der Waals surface area contributed by atoms with Gasteiger partial charge in [-0.15, -0.1) is 0 Å². The quantitative estimate of drug-likeness (QED) is 0.418. The third-order valence-corrected chi connectivity index (χ3v) is 6.07. The summed E-state index contributed by atoms with van der Waals surface area (Å²) >= 11 is 0. The minimum atomic E-state index is 0.0445. The van der Waals surface area contributed by atoms with Gasteiger partial charge in [0.1, 0.15) is 12.4 Å². The van der Waals surface area contributed by atoms with Crippen molar-refractivity contribution in [3.63, 3.8) is 0 Å². The summed E-state index contributed by atoms with van der Waals surface area (Å²) in [5.74, 6) is 0.731. The number of allylic oxidation sites excluding steroid dienone is 1. The van der Waals surface area contributed by atoms with Gasteiger partial charge in [-0.3, -0.25) is 14.8 Å². The lowest BCUT2D eigenvalue weighted by Crippen LogP contribution is -2.38. The fourth-order valence-electron chi connectivity index (χ4n) is 4.53. The zero-order chi connectivity index (χ0) is 22.6. The number of aromatic nitrogens is 3. The molecule has 5 rings (SSSR count). The highest BCUT2D eigenvalue weighted by Gasteiger charge is 2.28. The van der Waals surface area contributed by atoms with Crippen LogP contribution < -0.4 is 4.74 Å². The molecule has 0 spiro atoms. The maximum absolute atomic E-state index is 12.4. The number of likely N-dealkylation sites (tertiary alicyclic amines) is 1. The Bertz CT molecular complexity index is 1300. The molecule has 1 saturated heterocycles. The van der Waals surface area contributed by atoms with Crippen molar-refractivity contribution in [2.45, 2.75) is 25.8 Å². The molecule has 0 saturated carbocycles. The van der Waals surface area contributed by atoms with Gasteiger partial charge in [0.2, 0.25) is 5.91 Å². The molecule has 1 aliphatic rings. The van der Waals surface area contributed by atoms with Crippen LogP contribution in [0.25, 0.3) is 33.4 Å². The Kier molecular flexibility index (Phi) is 5.89. The number of nitrogens with one attached hydrogen (secondary N) is 1. The normalized spacial score (nSPS) is 16.0. The van der Waals surface area contributed by atoms with Crippen molar-refractivity contribution in [2.75, 3.05) is 13.2 Å². The maximum atomic E-state index is 12.4. The largest absolute Gasteiger partial charge is 0.489 e. The molecule has 1 aliphatic heterocycles. The number of benzene rings is 1. The van der Waals surface area contributed by atoms with Gasteiger partial charge in [0, 0.05) is 30.1 Å². The minimum Gasteiger partial charge on any atom is -0.489 e. The van der Waals surface area contributed by atoms with Gasteiger partial charge in [-0.25, -0.2) is 0 Å². The molecule has 0 radical (unpaired) electrons. The Balaban J connectivity index is 1.51. The lowest BCUT2D eigenvalue weighted by atomic mass is 10.0. The van der Waals surface area contributed by atoms with Crippen molar-refractivity contribution in [1.82, 2.24) is 19.9 Å². The molecule has 3 aromatic heterocycles. The lowest BCUT2D eigenvalue weighted by Gasteiger charge is -2.24. The fraction of sp³-hybridized carbons (Fsp3) is 0.222. The second kappa shape index (κ2) is 9.28. The van der Waals surface area contributed by atoms with Gasteiger partial charge < -0.3 is 14.6 Å². The van der Waals surface area contributed by atoms with E-state index in [-0.39, 0.29) is 11.9 Å². The standard InChI is InChI=1S/C27H26N4O2/c1-2-8-24(32)31-16-7-11-20(31)18-33-23-17-28-15-13-21(23)26-25(19-9-4-3-5-10-19)27-22(30-26)12-6-14-29-27/h2-6,8-10,12-15,17,20,30H,7,11,16,18H2,1H3/b8-2+/t20-/m0/s1. The number of rotatable bonds is 6. The molecule has 6 heteroatoms. The molecule has 1 N–H and O–H groups in total. The van der Waals surface area contributed by atoms with Crippen molar-refractivity contribution in [2.24, 2.45) is 0 Å². The van der Waals surface area contributed by atoms with Crippen LogP contribution in [-0.4, -0.2) is 45.0 Å². The number of H-pyrrole nitrogens is 1. The zero-order valence-corrected chi connectivity index (χ0v) is 18.6. The number of hydrogen-bond donors (Lipinski definition) is 1. The third-order valence-electron chi connectivity index (χ3n) is 6.07. The topological polar surface area (TPSA) is 71.1 Å². The molecule has 0 bridgehead atoms. The zero-order valence-electron chi connectivity index (χ0n) is 18.6. The highest BCUT2D eigenvalue weighted by Crippen LogP contribution is 2.40. The molecule has 1 atom stereocenters. The van der Waals surface area contributed by atoms with E-state index >= 15 is 0 Å². The number of aromatic amines is 1. The molecular weight excluding hydrogens is 412 g/mol. The Morgan fingerprint density at radius 2 is 2.06 bits per heavy atom. The summed E-state index contributed by atoms with van der Waals surface area (Å²) in [4.78, 5) is 26.8. The molecule has 4 heterocycles. The third kappa shape index (κ3) is 4.12. The van der Waals surface area contributed by atoms with E-state index in [0.29, 0.717) is 12.4 Å². The SMILES string of the molecule is C/C=C/C(=O)N1CCC[C@H]1COc1cnccc1-c1[nH]c2cccnc2c1-c1ccccc1. The first-order chi connectivity index (χ1) is 16.3. The molecule has 0 aliphatic carbocycles. The highest BCUT2D eigenvalue weighted by molar-refractivity contribution is 6.02. The van der Waals surface area contributed by atoms with E-state index in [0.717, 1.165) is 52.8 Å². The van der Waals surface area contributed by atoms with Crippen LogP contribution in [0.5, 0.6) is 5.75 Å². The van der Waals surface area contributed by atoms with Crippen LogP contribution in [0.2, 0.25) is 0 Å². The van der Waals surface area contributed by atoms with Crippen molar-refractivity contribution in [3.8, 4) is 28.1 Å². The molecule has 1 amide bonds. The van der Waals surface area contributed by atoms with E-state index in [1.165, 1.54) is 0 Å². The number of ether oxygens (including phenoxy) is 1. The van der Waals surface area contributed by atoms with Crippen LogP contribution >= 0.6 is 0 Å². The molecular formula is C27H26N4O2. The number of hydrogen-bond acceptors (Lipinski definition) is 4. The van der Waals surface area contributed by atoms with Crippen LogP contribution in [0.3, 0.4) is 0 Å². The fourth-order valence-corrected chi connectivity index (χ4v) is 4.53. The number of carbonyl (C=O) groups is 1. The first-order valence-corrected chi connectivity index (χ1v) is 11.3. The number of amides is 1. The summed E-state index contributed by atoms with van der Waals surface area (Å²) < 4.78 is 6.30. The maximum Gasteiger partial charge on any atom is 0.246 e. The Morgan fingerprint density at radius 3 is 2.91 bits per heavy atom. The molecule has 0 unspecified atom stereocenters. The lowest BCUT2D eigenvalue weighted by molar-refractivity contribution is -0.127. The molecule has 6 nitrogen and oxygen atoms in total. The summed E-state index contributed by atoms with van der Waals surface area (Å²) in [6.45, 7) is 3.06. The average Bonchev–Trinajstić information content (AvgIpc) is 3.48. The van der Waals surface area contributed by atoms with Crippen LogP contribution in [0.1, 0.15) is 19.8 Å². The Hall–Kier alpha value is -3.93. The van der Waals surface area contributed by atoms with Crippen LogP contribution in [0, 0.1) is 0 Å². The number of fused-ring (bicyclic) bond motifs is 1. The van der Waals surface area contributed by atoms with Crippen molar-refractivity contribution >= 4 is 16.9 Å². The summed E-state index contributed by atoms with van der Waals surface area (Å²) in [6.07, 6.45) is 10.7. The molecule has 33 heavy (non-hydrogen) atoms. The van der Waals surface area contributed by atoms with Crippen molar-refractivity contribution < 1.29 is 9.53 Å². The number of carbonyl (C=O) groups excluding carboxylic acids is 1. The summed E-state index contributed by atoms with van der Waals surface area (Å²) in [5.41, 5.74) is 5.87. The number of pyridine rings is 2. The van der Waals surface area contributed by atoms with E-state index < -0.39 is 0 Å². The van der Waals surface area contributed by atoms with E-state index in [2.05, 4.69) is 27.1 Å². The second-order valence-electron chi connectivity index (χ2n) is 8.15. The van der Waals surface area contributed by atoms with Gasteiger partial charge in [-0.1, -0.05) is 36.4 Å². The van der Waals surface area contributed by atoms with Crippen LogP contribution in [0.4, 0.5) is 0 Å². The summed E-state index contributed by atoms with van der Waals surface area (Å²) in [6, 6.07) is 16.2. The number of nitrogens with zero attached hydrogens (tertiary/aromatic N) is 3. The smallest absolute Gasteiger partial charge is 0.246 e. The predicted octanol–water partition coefficient (Wildman–Crippen LogP) is 5.24. The van der Waals surface area contributed by atoms with E-state index in [4.69, 9.17) is 4.74 Å². The van der Waals surface area contributed by atoms with Gasteiger partial charge in [0.15, 0.2) is 0 Å². The van der Waals surface area contributed by atoms with Crippen LogP contribution in [0.15, 0.2) is 79.3 Å². The first kappa shape index (κ1) is 20.9. The van der Waals surface area contributed by atoms with E-state index in [1.54, 1.807) is 24.5 Å². The van der Waals surface area contributed by atoms with E-state index in [1.807, 2.05) is 54.4 Å². The molecule has 166 valence electrons. The van der Waals surface area contributed by atoms with E-state index in [9.17, 15) is 4.79 Å². The second-order valence-corrected chi connectivity index (χ2v) is 8.15. The highest BCUT2D eigenvalue weighted by atomic mass is 16.5. The van der Waals surface area contributed by atoms with Crippen molar-refractivity contribution in [1.29, 1.82) is 0 Å². The van der Waals surface area contributed by atoms with Gasteiger partial charge in [-0.05, 0) is 49.6 Å².